The molecule has 2 atom stereocenters. The molecule has 2 aromatic carbocycles. The summed E-state index contributed by atoms with van der Waals surface area (Å²) in [6.07, 6.45) is 1.72. The number of aromatic nitrogens is 1. The average molecular weight is 562 g/mol. The SMILES string of the molecule is CC(C)C(=O)Nc1ccc(N2C(=S)N[C@@H](c3ccccn3)[C@@H]2c2ccc(-c3ccc([N+](=O)[O-])cc3)o2)cc1Cl. The highest BCUT2D eigenvalue weighted by Crippen LogP contribution is 2.44. The van der Waals surface area contributed by atoms with Crippen LogP contribution in [0.15, 0.2) is 83.4 Å². The van der Waals surface area contributed by atoms with Gasteiger partial charge >= 0.3 is 0 Å². The van der Waals surface area contributed by atoms with Gasteiger partial charge in [-0.2, -0.15) is 0 Å². The maximum Gasteiger partial charge on any atom is 0.269 e. The number of carbonyl (C=O) groups is 1. The highest BCUT2D eigenvalue weighted by atomic mass is 35.5. The van der Waals surface area contributed by atoms with Gasteiger partial charge in [-0.15, -0.1) is 0 Å². The van der Waals surface area contributed by atoms with E-state index in [9.17, 15) is 14.9 Å². The van der Waals surface area contributed by atoms with Crippen molar-refractivity contribution in [3.05, 3.63) is 106 Å². The van der Waals surface area contributed by atoms with Crippen LogP contribution in [0.25, 0.3) is 11.3 Å². The number of thiocarbonyl (C=S) groups is 1. The normalized spacial score (nSPS) is 16.8. The highest BCUT2D eigenvalue weighted by molar-refractivity contribution is 7.80. The van der Waals surface area contributed by atoms with Crippen LogP contribution in [0.5, 0.6) is 0 Å². The number of pyridine rings is 1. The van der Waals surface area contributed by atoms with Gasteiger partial charge in [-0.25, -0.2) is 0 Å². The van der Waals surface area contributed by atoms with Crippen LogP contribution in [-0.2, 0) is 4.79 Å². The molecule has 1 amide bonds. The summed E-state index contributed by atoms with van der Waals surface area (Å²) in [5.74, 6) is 0.843. The van der Waals surface area contributed by atoms with E-state index in [2.05, 4.69) is 15.6 Å². The Balaban J connectivity index is 1.53. The molecule has 4 aromatic rings. The van der Waals surface area contributed by atoms with E-state index in [1.54, 1.807) is 30.5 Å². The minimum Gasteiger partial charge on any atom is -0.459 e. The van der Waals surface area contributed by atoms with Gasteiger partial charge in [0.05, 0.1) is 27.4 Å². The summed E-state index contributed by atoms with van der Waals surface area (Å²) in [4.78, 5) is 29.3. The molecule has 198 valence electrons. The van der Waals surface area contributed by atoms with Gasteiger partial charge in [-0.05, 0) is 66.8 Å². The summed E-state index contributed by atoms with van der Waals surface area (Å²) >= 11 is 12.3. The van der Waals surface area contributed by atoms with E-state index in [-0.39, 0.29) is 23.6 Å². The van der Waals surface area contributed by atoms with Gasteiger partial charge < -0.3 is 20.0 Å². The molecule has 0 aliphatic carbocycles. The van der Waals surface area contributed by atoms with Crippen molar-refractivity contribution in [3.8, 4) is 11.3 Å². The maximum absolute atomic E-state index is 12.2. The van der Waals surface area contributed by atoms with Gasteiger partial charge in [0.15, 0.2) is 5.11 Å². The molecule has 0 radical (unpaired) electrons. The van der Waals surface area contributed by atoms with Crippen LogP contribution in [0.1, 0.15) is 37.4 Å². The van der Waals surface area contributed by atoms with Crippen molar-refractivity contribution in [2.75, 3.05) is 10.2 Å². The monoisotopic (exact) mass is 561 g/mol. The summed E-state index contributed by atoms with van der Waals surface area (Å²) in [6, 6.07) is 20.1. The zero-order chi connectivity index (χ0) is 27.7. The Morgan fingerprint density at radius 3 is 2.56 bits per heavy atom. The van der Waals surface area contributed by atoms with Crippen molar-refractivity contribution in [2.24, 2.45) is 5.92 Å². The lowest BCUT2D eigenvalue weighted by Crippen LogP contribution is -2.29. The molecule has 11 heteroatoms. The van der Waals surface area contributed by atoms with Crippen LogP contribution in [0.2, 0.25) is 5.02 Å². The van der Waals surface area contributed by atoms with Crippen LogP contribution in [0.4, 0.5) is 17.1 Å². The predicted octanol–water partition coefficient (Wildman–Crippen LogP) is 6.67. The molecule has 1 aliphatic heterocycles. The standard InChI is InChI=1S/C28H24ClN5O4S/c1-16(2)27(35)31-21-11-10-19(15-20(21)29)33-26(25(32-28(33)39)22-5-3-4-14-30-22)24-13-12-23(38-24)17-6-8-18(9-7-17)34(36)37/h3-16,25-26H,1-2H3,(H,31,35)(H,32,39)/t25-,26-/m0/s1. The van der Waals surface area contributed by atoms with E-state index in [1.807, 2.05) is 55.1 Å². The first-order valence-electron chi connectivity index (χ1n) is 12.2. The summed E-state index contributed by atoms with van der Waals surface area (Å²) in [6.45, 7) is 3.62. The number of amides is 1. The first-order valence-corrected chi connectivity index (χ1v) is 13.0. The Morgan fingerprint density at radius 1 is 1.15 bits per heavy atom. The Morgan fingerprint density at radius 2 is 1.92 bits per heavy atom. The number of anilines is 2. The molecule has 2 aromatic heterocycles. The fraction of sp³-hybridized carbons (Fsp3) is 0.179. The lowest BCUT2D eigenvalue weighted by Gasteiger charge is -2.26. The van der Waals surface area contributed by atoms with Crippen LogP contribution >= 0.6 is 23.8 Å². The van der Waals surface area contributed by atoms with E-state index in [4.69, 9.17) is 28.2 Å². The molecule has 9 nitrogen and oxygen atoms in total. The molecule has 0 bridgehead atoms. The quantitative estimate of drug-likeness (QED) is 0.146. The third-order valence-corrected chi connectivity index (χ3v) is 7.02. The Hall–Kier alpha value is -4.28. The second-order valence-electron chi connectivity index (χ2n) is 9.31. The van der Waals surface area contributed by atoms with Crippen LogP contribution < -0.4 is 15.5 Å². The number of carbonyl (C=O) groups excluding carboxylic acids is 1. The number of benzene rings is 2. The molecule has 1 fully saturated rings. The molecule has 1 saturated heterocycles. The van der Waals surface area contributed by atoms with Crippen molar-refractivity contribution >= 4 is 51.9 Å². The van der Waals surface area contributed by atoms with Crippen LogP contribution in [0.3, 0.4) is 0 Å². The van der Waals surface area contributed by atoms with Crippen LogP contribution in [0, 0.1) is 16.0 Å². The van der Waals surface area contributed by atoms with Crippen LogP contribution in [-0.4, -0.2) is 20.9 Å². The Bertz CT molecular complexity index is 1540. The number of nitro groups is 1. The highest BCUT2D eigenvalue weighted by Gasteiger charge is 2.42. The number of non-ortho nitro benzene ring substituents is 1. The second kappa shape index (κ2) is 10.8. The third kappa shape index (κ3) is 5.34. The second-order valence-corrected chi connectivity index (χ2v) is 10.1. The van der Waals surface area contributed by atoms with Gasteiger partial charge in [0.2, 0.25) is 5.91 Å². The average Bonchev–Trinajstić information content (AvgIpc) is 3.55. The fourth-order valence-corrected chi connectivity index (χ4v) is 4.94. The van der Waals surface area contributed by atoms with Crippen molar-refractivity contribution < 1.29 is 14.1 Å². The molecule has 5 rings (SSSR count). The number of nitro benzene ring substituents is 1. The van der Waals surface area contributed by atoms with E-state index in [1.165, 1.54) is 12.1 Å². The van der Waals surface area contributed by atoms with Crippen molar-refractivity contribution in [3.63, 3.8) is 0 Å². The number of rotatable bonds is 7. The van der Waals surface area contributed by atoms with Crippen molar-refractivity contribution in [1.82, 2.24) is 10.3 Å². The molecule has 3 heterocycles. The summed E-state index contributed by atoms with van der Waals surface area (Å²) in [5.41, 5.74) is 2.69. The molecular weight excluding hydrogens is 538 g/mol. The number of nitrogens with one attached hydrogen (secondary N) is 2. The first-order chi connectivity index (χ1) is 18.7. The number of hydrogen-bond donors (Lipinski definition) is 2. The van der Waals surface area contributed by atoms with Gasteiger partial charge in [0.1, 0.15) is 17.6 Å². The molecule has 0 spiro atoms. The summed E-state index contributed by atoms with van der Waals surface area (Å²) in [5, 5.41) is 18.1. The number of nitrogens with zero attached hydrogens (tertiary/aromatic N) is 3. The smallest absolute Gasteiger partial charge is 0.269 e. The zero-order valence-electron chi connectivity index (χ0n) is 21.0. The topological polar surface area (TPSA) is 114 Å². The Labute approximate surface area is 235 Å². The van der Waals surface area contributed by atoms with E-state index in [0.717, 1.165) is 5.69 Å². The van der Waals surface area contributed by atoms with Gasteiger partial charge in [0, 0.05) is 35.5 Å². The minimum atomic E-state index is -0.442. The van der Waals surface area contributed by atoms with Gasteiger partial charge in [-0.1, -0.05) is 31.5 Å². The molecule has 1 aliphatic rings. The van der Waals surface area contributed by atoms with E-state index >= 15 is 0 Å². The first kappa shape index (κ1) is 26.3. The zero-order valence-corrected chi connectivity index (χ0v) is 22.6. The van der Waals surface area contributed by atoms with E-state index < -0.39 is 11.0 Å². The van der Waals surface area contributed by atoms with Gasteiger partial charge in [0.25, 0.3) is 5.69 Å². The Kier molecular flexibility index (Phi) is 7.32. The lowest BCUT2D eigenvalue weighted by molar-refractivity contribution is -0.384. The lowest BCUT2D eigenvalue weighted by atomic mass is 10.0. The van der Waals surface area contributed by atoms with E-state index in [0.29, 0.717) is 38.6 Å². The molecule has 0 unspecified atom stereocenters. The largest absolute Gasteiger partial charge is 0.459 e. The number of halogens is 1. The number of furan rings is 1. The fourth-order valence-electron chi connectivity index (χ4n) is 4.37. The minimum absolute atomic E-state index is 0.00201. The van der Waals surface area contributed by atoms with Gasteiger partial charge in [-0.3, -0.25) is 19.9 Å². The third-order valence-electron chi connectivity index (χ3n) is 6.39. The molecule has 39 heavy (non-hydrogen) atoms. The predicted molar refractivity (Wildman–Crippen MR) is 154 cm³/mol. The number of hydrogen-bond acceptors (Lipinski definition) is 6. The van der Waals surface area contributed by atoms with Crippen molar-refractivity contribution in [1.29, 1.82) is 0 Å². The molecule has 0 saturated carbocycles. The summed E-state index contributed by atoms with van der Waals surface area (Å²) < 4.78 is 6.31. The summed E-state index contributed by atoms with van der Waals surface area (Å²) in [7, 11) is 0. The maximum atomic E-state index is 12.2. The molecular formula is C28H24ClN5O4S. The van der Waals surface area contributed by atoms with Crippen molar-refractivity contribution in [2.45, 2.75) is 25.9 Å². The molecule has 2 N–H and O–H groups in total.